The van der Waals surface area contributed by atoms with Crippen LogP contribution in [0.1, 0.15) is 12.8 Å². The highest BCUT2D eigenvalue weighted by molar-refractivity contribution is 5.89. The van der Waals surface area contributed by atoms with Crippen LogP contribution in [-0.2, 0) is 4.79 Å². The summed E-state index contributed by atoms with van der Waals surface area (Å²) in [7, 11) is 0. The predicted molar refractivity (Wildman–Crippen MR) is 43.3 cm³/mol. The molecule has 58 valence electrons. The first-order valence-electron chi connectivity index (χ1n) is 4.00. The van der Waals surface area contributed by atoms with Crippen LogP contribution in [0.2, 0.25) is 0 Å². The topological polar surface area (TPSA) is 29.1 Å². The van der Waals surface area contributed by atoms with Crippen molar-refractivity contribution >= 4 is 5.78 Å². The van der Waals surface area contributed by atoms with Gasteiger partial charge in [0.05, 0.1) is 6.04 Å². The fourth-order valence-electron chi connectivity index (χ4n) is 1.61. The molecule has 0 aromatic carbocycles. The summed E-state index contributed by atoms with van der Waals surface area (Å²) in [4.78, 5) is 11.3. The van der Waals surface area contributed by atoms with Crippen molar-refractivity contribution in [3.05, 3.63) is 23.8 Å². The maximum Gasteiger partial charge on any atom is 0.154 e. The number of Topliss-reactive ketones (excluding diaryl/α,β-unsaturated/α-hetero) is 1. The molecule has 0 bridgehead atoms. The minimum atomic E-state index is 0.00810. The SMILES string of the molecule is O=C1CCC=C2C=CCNC12. The van der Waals surface area contributed by atoms with Crippen molar-refractivity contribution in [2.75, 3.05) is 6.54 Å². The number of carbonyl (C=O) groups excluding carboxylic acids is 1. The van der Waals surface area contributed by atoms with Crippen molar-refractivity contribution in [1.29, 1.82) is 0 Å². The van der Waals surface area contributed by atoms with E-state index >= 15 is 0 Å². The highest BCUT2D eigenvalue weighted by Gasteiger charge is 2.24. The minimum absolute atomic E-state index is 0.00810. The summed E-state index contributed by atoms with van der Waals surface area (Å²) < 4.78 is 0. The molecule has 2 aliphatic rings. The Morgan fingerprint density at radius 2 is 2.45 bits per heavy atom. The van der Waals surface area contributed by atoms with E-state index in [1.54, 1.807) is 0 Å². The molecule has 2 nitrogen and oxygen atoms in total. The Balaban J connectivity index is 2.30. The standard InChI is InChI=1S/C9H11NO/c11-8-5-1-3-7-4-2-6-10-9(7)8/h2-4,9-10H,1,5-6H2. The van der Waals surface area contributed by atoms with E-state index in [0.29, 0.717) is 12.2 Å². The molecule has 11 heavy (non-hydrogen) atoms. The molecule has 2 rings (SSSR count). The van der Waals surface area contributed by atoms with E-state index < -0.39 is 0 Å². The largest absolute Gasteiger partial charge is 0.300 e. The van der Waals surface area contributed by atoms with Crippen molar-refractivity contribution in [2.45, 2.75) is 18.9 Å². The Labute approximate surface area is 66.0 Å². The lowest BCUT2D eigenvalue weighted by molar-refractivity contribution is -0.120. The third-order valence-corrected chi connectivity index (χ3v) is 2.18. The van der Waals surface area contributed by atoms with Gasteiger partial charge in [-0.15, -0.1) is 0 Å². The lowest BCUT2D eigenvalue weighted by atomic mass is 9.91. The zero-order valence-electron chi connectivity index (χ0n) is 6.34. The van der Waals surface area contributed by atoms with Gasteiger partial charge in [-0.05, 0) is 12.0 Å². The zero-order chi connectivity index (χ0) is 7.68. The van der Waals surface area contributed by atoms with Gasteiger partial charge in [-0.1, -0.05) is 18.2 Å². The maximum atomic E-state index is 11.3. The Hall–Kier alpha value is -0.890. The molecule has 0 aromatic heterocycles. The Bertz CT molecular complexity index is 240. The van der Waals surface area contributed by atoms with Gasteiger partial charge in [0.15, 0.2) is 5.78 Å². The number of hydrogen-bond donors (Lipinski definition) is 1. The Kier molecular flexibility index (Phi) is 1.62. The van der Waals surface area contributed by atoms with Crippen LogP contribution in [0.4, 0.5) is 0 Å². The van der Waals surface area contributed by atoms with Gasteiger partial charge < -0.3 is 5.32 Å². The smallest absolute Gasteiger partial charge is 0.154 e. The first-order valence-corrected chi connectivity index (χ1v) is 4.00. The van der Waals surface area contributed by atoms with Crippen molar-refractivity contribution in [3.63, 3.8) is 0 Å². The van der Waals surface area contributed by atoms with Crippen molar-refractivity contribution < 1.29 is 4.79 Å². The van der Waals surface area contributed by atoms with Crippen molar-refractivity contribution in [3.8, 4) is 0 Å². The molecule has 1 aliphatic carbocycles. The normalized spacial score (nSPS) is 29.6. The summed E-state index contributed by atoms with van der Waals surface area (Å²) in [5.74, 6) is 0.340. The quantitative estimate of drug-likeness (QED) is 0.552. The average molecular weight is 149 g/mol. The molecule has 1 N–H and O–H groups in total. The highest BCUT2D eigenvalue weighted by Crippen LogP contribution is 2.18. The van der Waals surface area contributed by atoms with Crippen LogP contribution in [0, 0.1) is 0 Å². The molecule has 0 amide bonds. The number of nitrogens with one attached hydrogen (secondary N) is 1. The van der Waals surface area contributed by atoms with Crippen LogP contribution in [-0.4, -0.2) is 18.4 Å². The highest BCUT2D eigenvalue weighted by atomic mass is 16.1. The van der Waals surface area contributed by atoms with Crippen molar-refractivity contribution in [1.82, 2.24) is 5.32 Å². The molecular weight excluding hydrogens is 138 g/mol. The number of ketones is 1. The molecule has 0 radical (unpaired) electrons. The summed E-state index contributed by atoms with van der Waals surface area (Å²) in [5, 5.41) is 3.17. The Morgan fingerprint density at radius 1 is 1.55 bits per heavy atom. The lowest BCUT2D eigenvalue weighted by Crippen LogP contribution is -2.41. The van der Waals surface area contributed by atoms with Gasteiger partial charge in [0.25, 0.3) is 0 Å². The first-order chi connectivity index (χ1) is 5.38. The van der Waals surface area contributed by atoms with E-state index in [9.17, 15) is 4.79 Å². The van der Waals surface area contributed by atoms with Gasteiger partial charge in [-0.25, -0.2) is 0 Å². The Morgan fingerprint density at radius 3 is 3.27 bits per heavy atom. The number of rotatable bonds is 0. The molecular formula is C9H11NO. The molecule has 1 atom stereocenters. The van der Waals surface area contributed by atoms with Crippen LogP contribution in [0.15, 0.2) is 23.8 Å². The van der Waals surface area contributed by atoms with Gasteiger partial charge in [-0.2, -0.15) is 0 Å². The molecule has 2 heteroatoms. The van der Waals surface area contributed by atoms with Gasteiger partial charge in [-0.3, -0.25) is 4.79 Å². The van der Waals surface area contributed by atoms with Gasteiger partial charge in [0, 0.05) is 13.0 Å². The van der Waals surface area contributed by atoms with Gasteiger partial charge >= 0.3 is 0 Å². The van der Waals surface area contributed by atoms with E-state index in [4.69, 9.17) is 0 Å². The average Bonchev–Trinajstić information content (AvgIpc) is 2.06. The summed E-state index contributed by atoms with van der Waals surface area (Å²) in [5.41, 5.74) is 1.16. The third kappa shape index (κ3) is 1.14. The fraction of sp³-hybridized carbons (Fsp3) is 0.444. The number of allylic oxidation sites excluding steroid dienone is 1. The van der Waals surface area contributed by atoms with Crippen LogP contribution in [0.5, 0.6) is 0 Å². The van der Waals surface area contributed by atoms with E-state index in [1.165, 1.54) is 0 Å². The van der Waals surface area contributed by atoms with Crippen LogP contribution in [0.25, 0.3) is 0 Å². The minimum Gasteiger partial charge on any atom is -0.300 e. The molecule has 0 spiro atoms. The number of fused-ring (bicyclic) bond motifs is 1. The summed E-state index contributed by atoms with van der Waals surface area (Å²) in [6.45, 7) is 0.827. The second-order valence-corrected chi connectivity index (χ2v) is 2.95. The first kappa shape index (κ1) is 6.80. The van der Waals surface area contributed by atoms with Crippen LogP contribution < -0.4 is 5.32 Å². The second-order valence-electron chi connectivity index (χ2n) is 2.95. The molecule has 1 aliphatic heterocycles. The van der Waals surface area contributed by atoms with E-state index in [0.717, 1.165) is 18.5 Å². The van der Waals surface area contributed by atoms with E-state index in [1.807, 2.05) is 0 Å². The monoisotopic (exact) mass is 149 g/mol. The maximum absolute atomic E-state index is 11.3. The molecule has 0 saturated carbocycles. The van der Waals surface area contributed by atoms with Crippen LogP contribution in [0.3, 0.4) is 0 Å². The second kappa shape index (κ2) is 2.62. The molecule has 1 unspecified atom stereocenters. The lowest BCUT2D eigenvalue weighted by Gasteiger charge is -2.24. The summed E-state index contributed by atoms with van der Waals surface area (Å²) >= 11 is 0. The summed E-state index contributed by atoms with van der Waals surface area (Å²) in [6.07, 6.45) is 7.87. The fourth-order valence-corrected chi connectivity index (χ4v) is 1.61. The van der Waals surface area contributed by atoms with E-state index in [2.05, 4.69) is 23.5 Å². The van der Waals surface area contributed by atoms with Gasteiger partial charge in [0.1, 0.15) is 0 Å². The molecule has 0 saturated heterocycles. The predicted octanol–water partition coefficient (Wildman–Crippen LogP) is 0.804. The molecule has 1 heterocycles. The van der Waals surface area contributed by atoms with Gasteiger partial charge in [0.2, 0.25) is 0 Å². The van der Waals surface area contributed by atoms with Crippen LogP contribution >= 0.6 is 0 Å². The number of hydrogen-bond acceptors (Lipinski definition) is 2. The molecule has 0 aromatic rings. The zero-order valence-corrected chi connectivity index (χ0v) is 6.34. The third-order valence-electron chi connectivity index (χ3n) is 2.18. The van der Waals surface area contributed by atoms with Crippen molar-refractivity contribution in [2.24, 2.45) is 0 Å². The number of carbonyl (C=O) groups is 1. The summed E-state index contributed by atoms with van der Waals surface area (Å²) in [6, 6.07) is 0.00810. The molecule has 0 fully saturated rings. The van der Waals surface area contributed by atoms with E-state index in [-0.39, 0.29) is 6.04 Å².